The summed E-state index contributed by atoms with van der Waals surface area (Å²) in [4.78, 5) is 0. The van der Waals surface area contributed by atoms with Crippen molar-refractivity contribution < 1.29 is 9.84 Å². The van der Waals surface area contributed by atoms with E-state index in [-0.39, 0.29) is 6.10 Å². The van der Waals surface area contributed by atoms with Crippen LogP contribution in [0.1, 0.15) is 31.2 Å². The third-order valence-electron chi connectivity index (χ3n) is 3.01. The number of benzene rings is 1. The van der Waals surface area contributed by atoms with E-state index in [1.807, 2.05) is 18.2 Å². The SMILES string of the molecule is OC(CCOCc1ccccc1)CC1CC1. The lowest BCUT2D eigenvalue weighted by molar-refractivity contribution is 0.0678. The van der Waals surface area contributed by atoms with Crippen molar-refractivity contribution in [1.82, 2.24) is 0 Å². The van der Waals surface area contributed by atoms with Gasteiger partial charge in [-0.25, -0.2) is 0 Å². The van der Waals surface area contributed by atoms with Crippen LogP contribution >= 0.6 is 0 Å². The summed E-state index contributed by atoms with van der Waals surface area (Å²) in [6.45, 7) is 1.31. The molecular formula is C14H20O2. The molecule has 2 nitrogen and oxygen atoms in total. The Labute approximate surface area is 97.3 Å². The Balaban J connectivity index is 1.54. The van der Waals surface area contributed by atoms with Crippen molar-refractivity contribution in [3.63, 3.8) is 0 Å². The monoisotopic (exact) mass is 220 g/mol. The number of aliphatic hydroxyl groups is 1. The van der Waals surface area contributed by atoms with Crippen LogP contribution in [0.15, 0.2) is 30.3 Å². The second-order valence-electron chi connectivity index (χ2n) is 4.66. The lowest BCUT2D eigenvalue weighted by Gasteiger charge is -2.10. The quantitative estimate of drug-likeness (QED) is 0.716. The number of hydrogen-bond acceptors (Lipinski definition) is 2. The molecule has 1 saturated carbocycles. The highest BCUT2D eigenvalue weighted by Crippen LogP contribution is 2.33. The van der Waals surface area contributed by atoms with Crippen molar-refractivity contribution in [3.05, 3.63) is 35.9 Å². The fourth-order valence-electron chi connectivity index (χ4n) is 1.84. The molecule has 0 aromatic heterocycles. The zero-order chi connectivity index (χ0) is 11.2. The third kappa shape index (κ3) is 4.33. The first-order valence-electron chi connectivity index (χ1n) is 6.14. The van der Waals surface area contributed by atoms with Gasteiger partial charge in [0.2, 0.25) is 0 Å². The smallest absolute Gasteiger partial charge is 0.0716 e. The van der Waals surface area contributed by atoms with Gasteiger partial charge in [0.15, 0.2) is 0 Å². The first-order chi connectivity index (χ1) is 7.84. The standard InChI is InChI=1S/C14H20O2/c15-14(10-12-6-7-12)8-9-16-11-13-4-2-1-3-5-13/h1-5,12,14-15H,6-11H2. The number of aliphatic hydroxyl groups excluding tert-OH is 1. The van der Waals surface area contributed by atoms with Crippen LogP contribution in [0.4, 0.5) is 0 Å². The molecule has 1 unspecified atom stereocenters. The van der Waals surface area contributed by atoms with E-state index >= 15 is 0 Å². The van der Waals surface area contributed by atoms with Crippen LogP contribution in [0.2, 0.25) is 0 Å². The molecule has 0 aliphatic heterocycles. The molecule has 1 aromatic rings. The molecule has 1 aliphatic rings. The van der Waals surface area contributed by atoms with Crippen molar-refractivity contribution in [2.75, 3.05) is 6.61 Å². The normalized spacial score (nSPS) is 17.3. The summed E-state index contributed by atoms with van der Waals surface area (Å²) in [6.07, 6.45) is 4.19. The lowest BCUT2D eigenvalue weighted by Crippen LogP contribution is -2.11. The number of ether oxygens (including phenoxy) is 1. The minimum atomic E-state index is -0.164. The molecule has 88 valence electrons. The van der Waals surface area contributed by atoms with Gasteiger partial charge >= 0.3 is 0 Å². The van der Waals surface area contributed by atoms with E-state index in [2.05, 4.69) is 12.1 Å². The van der Waals surface area contributed by atoms with E-state index in [1.54, 1.807) is 0 Å². The average Bonchev–Trinajstić information content (AvgIpc) is 3.10. The molecule has 16 heavy (non-hydrogen) atoms. The van der Waals surface area contributed by atoms with E-state index in [0.717, 1.165) is 18.8 Å². The van der Waals surface area contributed by atoms with Gasteiger partial charge in [-0.3, -0.25) is 0 Å². The summed E-state index contributed by atoms with van der Waals surface area (Å²) in [7, 11) is 0. The largest absolute Gasteiger partial charge is 0.393 e. The first-order valence-corrected chi connectivity index (χ1v) is 6.14. The van der Waals surface area contributed by atoms with Crippen molar-refractivity contribution in [2.45, 2.75) is 38.4 Å². The van der Waals surface area contributed by atoms with Crippen LogP contribution in [0.25, 0.3) is 0 Å². The van der Waals surface area contributed by atoms with Gasteiger partial charge in [-0.1, -0.05) is 43.2 Å². The van der Waals surface area contributed by atoms with Crippen LogP contribution < -0.4 is 0 Å². The summed E-state index contributed by atoms with van der Waals surface area (Å²) in [5, 5.41) is 9.68. The lowest BCUT2D eigenvalue weighted by atomic mass is 10.1. The third-order valence-corrected chi connectivity index (χ3v) is 3.01. The van der Waals surface area contributed by atoms with Crippen molar-refractivity contribution in [3.8, 4) is 0 Å². The van der Waals surface area contributed by atoms with Crippen LogP contribution in [0.3, 0.4) is 0 Å². The molecular weight excluding hydrogens is 200 g/mol. The molecule has 0 heterocycles. The van der Waals surface area contributed by atoms with Crippen molar-refractivity contribution in [2.24, 2.45) is 5.92 Å². The van der Waals surface area contributed by atoms with Crippen LogP contribution in [-0.2, 0) is 11.3 Å². The Morgan fingerprint density at radius 2 is 2.00 bits per heavy atom. The molecule has 0 spiro atoms. The molecule has 1 N–H and O–H groups in total. The van der Waals surface area contributed by atoms with Gasteiger partial charge in [-0.15, -0.1) is 0 Å². The molecule has 1 fully saturated rings. The van der Waals surface area contributed by atoms with E-state index < -0.39 is 0 Å². The maximum Gasteiger partial charge on any atom is 0.0716 e. The second kappa shape index (κ2) is 6.02. The van der Waals surface area contributed by atoms with Gasteiger partial charge < -0.3 is 9.84 Å². The Kier molecular flexibility index (Phi) is 4.37. The summed E-state index contributed by atoms with van der Waals surface area (Å²) in [6, 6.07) is 10.1. The van der Waals surface area contributed by atoms with Gasteiger partial charge in [0.05, 0.1) is 12.7 Å². The van der Waals surface area contributed by atoms with Crippen LogP contribution in [-0.4, -0.2) is 17.8 Å². The Hall–Kier alpha value is -0.860. The van der Waals surface area contributed by atoms with Crippen LogP contribution in [0.5, 0.6) is 0 Å². The minimum Gasteiger partial charge on any atom is -0.393 e. The van der Waals surface area contributed by atoms with Gasteiger partial charge in [0, 0.05) is 6.61 Å². The van der Waals surface area contributed by atoms with Crippen LogP contribution in [0, 0.1) is 5.92 Å². The maximum atomic E-state index is 9.68. The Morgan fingerprint density at radius 3 is 2.69 bits per heavy atom. The predicted molar refractivity (Wildman–Crippen MR) is 64.1 cm³/mol. The molecule has 0 amide bonds. The summed E-state index contributed by atoms with van der Waals surface area (Å²) in [5.41, 5.74) is 1.19. The zero-order valence-electron chi connectivity index (χ0n) is 9.64. The van der Waals surface area contributed by atoms with E-state index in [1.165, 1.54) is 18.4 Å². The van der Waals surface area contributed by atoms with Gasteiger partial charge in [0.25, 0.3) is 0 Å². The number of rotatable bonds is 7. The fourth-order valence-corrected chi connectivity index (χ4v) is 1.84. The molecule has 1 aromatic carbocycles. The van der Waals surface area contributed by atoms with E-state index in [9.17, 15) is 5.11 Å². The zero-order valence-corrected chi connectivity index (χ0v) is 9.64. The van der Waals surface area contributed by atoms with Gasteiger partial charge in [0.1, 0.15) is 0 Å². The molecule has 0 radical (unpaired) electrons. The van der Waals surface area contributed by atoms with Gasteiger partial charge in [-0.2, -0.15) is 0 Å². The Bertz CT molecular complexity index is 293. The molecule has 2 rings (SSSR count). The van der Waals surface area contributed by atoms with E-state index in [4.69, 9.17) is 4.74 Å². The first kappa shape index (κ1) is 11.6. The molecule has 0 bridgehead atoms. The molecule has 1 aliphatic carbocycles. The van der Waals surface area contributed by atoms with Crippen molar-refractivity contribution in [1.29, 1.82) is 0 Å². The topological polar surface area (TPSA) is 29.5 Å². The average molecular weight is 220 g/mol. The van der Waals surface area contributed by atoms with Crippen molar-refractivity contribution >= 4 is 0 Å². The molecule has 2 heteroatoms. The second-order valence-corrected chi connectivity index (χ2v) is 4.66. The van der Waals surface area contributed by atoms with E-state index in [0.29, 0.717) is 13.2 Å². The minimum absolute atomic E-state index is 0.164. The summed E-state index contributed by atoms with van der Waals surface area (Å²) >= 11 is 0. The number of hydrogen-bond donors (Lipinski definition) is 1. The highest BCUT2D eigenvalue weighted by atomic mass is 16.5. The fraction of sp³-hybridized carbons (Fsp3) is 0.571. The summed E-state index contributed by atoms with van der Waals surface area (Å²) < 4.78 is 5.53. The van der Waals surface area contributed by atoms with Gasteiger partial charge in [-0.05, 0) is 24.3 Å². The Morgan fingerprint density at radius 1 is 1.25 bits per heavy atom. The maximum absolute atomic E-state index is 9.68. The molecule has 0 saturated heterocycles. The molecule has 1 atom stereocenters. The highest BCUT2D eigenvalue weighted by molar-refractivity contribution is 5.13. The summed E-state index contributed by atoms with van der Waals surface area (Å²) in [5.74, 6) is 0.795. The highest BCUT2D eigenvalue weighted by Gasteiger charge is 2.24. The predicted octanol–water partition coefficient (Wildman–Crippen LogP) is 2.75.